The molecular weight excluding hydrogens is 182 g/mol. The van der Waals surface area contributed by atoms with Gasteiger partial charge in [-0.15, -0.1) is 0 Å². The molecule has 0 unspecified atom stereocenters. The number of nitrogens with zero attached hydrogens (tertiary/aromatic N) is 1. The first-order chi connectivity index (χ1) is 7.19. The summed E-state index contributed by atoms with van der Waals surface area (Å²) < 4.78 is 0. The van der Waals surface area contributed by atoms with Crippen LogP contribution >= 0.6 is 0 Å². The number of hydrogen-bond donors (Lipinski definition) is 0. The van der Waals surface area contributed by atoms with Crippen LogP contribution in [0.3, 0.4) is 0 Å². The molecule has 1 heteroatoms. The average Bonchev–Trinajstić information content (AvgIpc) is 2.72. The van der Waals surface area contributed by atoms with Crippen molar-refractivity contribution in [1.82, 2.24) is 4.90 Å². The molecule has 1 aromatic rings. The molecule has 0 bridgehead atoms. The Hall–Kier alpha value is -0.820. The Morgan fingerprint density at radius 2 is 1.53 bits per heavy atom. The quantitative estimate of drug-likeness (QED) is 0.725. The van der Waals surface area contributed by atoms with Gasteiger partial charge >= 0.3 is 0 Å². The molecule has 0 amide bonds. The summed E-state index contributed by atoms with van der Waals surface area (Å²) in [6.45, 7) is 9.25. The van der Waals surface area contributed by atoms with Crippen LogP contribution in [0.5, 0.6) is 0 Å². The third-order valence-corrected chi connectivity index (χ3v) is 4.13. The van der Waals surface area contributed by atoms with Crippen LogP contribution in [0.25, 0.3) is 0 Å². The predicted molar refractivity (Wildman–Crippen MR) is 64.7 cm³/mol. The molecule has 0 atom stereocenters. The van der Waals surface area contributed by atoms with E-state index in [-0.39, 0.29) is 0 Å². The smallest absolute Gasteiger partial charge is 0.0245 e. The second kappa shape index (κ2) is 3.97. The van der Waals surface area contributed by atoms with Gasteiger partial charge in [-0.05, 0) is 30.9 Å². The fraction of sp³-hybridized carbons (Fsp3) is 0.571. The fourth-order valence-electron chi connectivity index (χ4n) is 2.41. The standard InChI is InChI=1S/C14H21N/c1-4-14(3,5-2)15-10-12-8-6-7-9-13(12)11-15/h6-9H,4-5,10-11H2,1-3H3. The summed E-state index contributed by atoms with van der Waals surface area (Å²) in [6.07, 6.45) is 2.47. The highest BCUT2D eigenvalue weighted by molar-refractivity contribution is 5.30. The van der Waals surface area contributed by atoms with Gasteiger partial charge in [-0.25, -0.2) is 0 Å². The lowest BCUT2D eigenvalue weighted by Crippen LogP contribution is -2.41. The lowest BCUT2D eigenvalue weighted by atomic mass is 9.93. The molecule has 2 rings (SSSR count). The minimum Gasteiger partial charge on any atom is -0.289 e. The summed E-state index contributed by atoms with van der Waals surface area (Å²) in [4.78, 5) is 2.62. The van der Waals surface area contributed by atoms with E-state index in [1.54, 1.807) is 0 Å². The molecular formula is C14H21N. The molecule has 0 spiro atoms. The molecule has 1 aliphatic heterocycles. The van der Waals surface area contributed by atoms with Crippen molar-refractivity contribution in [3.05, 3.63) is 35.4 Å². The lowest BCUT2D eigenvalue weighted by molar-refractivity contribution is 0.0923. The van der Waals surface area contributed by atoms with Crippen LogP contribution in [0.2, 0.25) is 0 Å². The van der Waals surface area contributed by atoms with Crippen LogP contribution in [0.1, 0.15) is 44.7 Å². The molecule has 0 aromatic heterocycles. The van der Waals surface area contributed by atoms with Crippen molar-refractivity contribution in [2.45, 2.75) is 52.2 Å². The average molecular weight is 203 g/mol. The number of hydrogen-bond acceptors (Lipinski definition) is 1. The Morgan fingerprint density at radius 3 is 1.93 bits per heavy atom. The molecule has 82 valence electrons. The highest BCUT2D eigenvalue weighted by Gasteiger charge is 2.32. The molecule has 0 saturated heterocycles. The third kappa shape index (κ3) is 1.81. The van der Waals surface area contributed by atoms with Crippen LogP contribution in [0.15, 0.2) is 24.3 Å². The molecule has 1 aromatic carbocycles. The Kier molecular flexibility index (Phi) is 2.83. The Morgan fingerprint density at radius 1 is 1.07 bits per heavy atom. The van der Waals surface area contributed by atoms with E-state index in [4.69, 9.17) is 0 Å². The Balaban J connectivity index is 2.19. The molecule has 1 nitrogen and oxygen atoms in total. The zero-order chi connectivity index (χ0) is 10.9. The van der Waals surface area contributed by atoms with E-state index in [0.29, 0.717) is 5.54 Å². The normalized spacial score (nSPS) is 16.7. The molecule has 0 saturated carbocycles. The van der Waals surface area contributed by atoms with Crippen LogP contribution in [-0.4, -0.2) is 10.4 Å². The third-order valence-electron chi connectivity index (χ3n) is 4.13. The van der Waals surface area contributed by atoms with E-state index in [9.17, 15) is 0 Å². The zero-order valence-electron chi connectivity index (χ0n) is 10.1. The van der Waals surface area contributed by atoms with Crippen molar-refractivity contribution in [1.29, 1.82) is 0 Å². The zero-order valence-corrected chi connectivity index (χ0v) is 10.1. The summed E-state index contributed by atoms with van der Waals surface area (Å²) in [6, 6.07) is 8.83. The van der Waals surface area contributed by atoms with E-state index in [2.05, 4.69) is 49.9 Å². The summed E-state index contributed by atoms with van der Waals surface area (Å²) >= 11 is 0. The van der Waals surface area contributed by atoms with Gasteiger partial charge in [-0.3, -0.25) is 4.90 Å². The summed E-state index contributed by atoms with van der Waals surface area (Å²) in [5.74, 6) is 0. The first-order valence-electron chi connectivity index (χ1n) is 6.01. The minimum atomic E-state index is 0.374. The van der Waals surface area contributed by atoms with Crippen LogP contribution in [0, 0.1) is 0 Å². The van der Waals surface area contributed by atoms with Gasteiger partial charge in [0, 0.05) is 18.6 Å². The van der Waals surface area contributed by atoms with E-state index < -0.39 is 0 Å². The molecule has 0 radical (unpaired) electrons. The maximum atomic E-state index is 2.62. The van der Waals surface area contributed by atoms with Crippen molar-refractivity contribution in [2.24, 2.45) is 0 Å². The monoisotopic (exact) mass is 203 g/mol. The molecule has 0 fully saturated rings. The van der Waals surface area contributed by atoms with Crippen molar-refractivity contribution in [3.63, 3.8) is 0 Å². The number of benzene rings is 1. The topological polar surface area (TPSA) is 3.24 Å². The summed E-state index contributed by atoms with van der Waals surface area (Å²) in [5.41, 5.74) is 3.41. The lowest BCUT2D eigenvalue weighted by Gasteiger charge is -2.37. The molecule has 0 N–H and O–H groups in total. The summed E-state index contributed by atoms with van der Waals surface area (Å²) in [5, 5.41) is 0. The maximum Gasteiger partial charge on any atom is 0.0245 e. The van der Waals surface area contributed by atoms with Gasteiger partial charge in [0.25, 0.3) is 0 Å². The van der Waals surface area contributed by atoms with Gasteiger partial charge in [0.1, 0.15) is 0 Å². The maximum absolute atomic E-state index is 2.62. The van der Waals surface area contributed by atoms with Gasteiger partial charge < -0.3 is 0 Å². The van der Waals surface area contributed by atoms with Crippen molar-refractivity contribution in [3.8, 4) is 0 Å². The van der Waals surface area contributed by atoms with Gasteiger partial charge in [0.05, 0.1) is 0 Å². The second-order valence-corrected chi connectivity index (χ2v) is 4.83. The fourth-order valence-corrected chi connectivity index (χ4v) is 2.41. The first kappa shape index (κ1) is 10.7. The number of rotatable bonds is 3. The molecule has 15 heavy (non-hydrogen) atoms. The van der Waals surface area contributed by atoms with E-state index in [0.717, 1.165) is 13.1 Å². The SMILES string of the molecule is CCC(C)(CC)N1Cc2ccccc2C1. The van der Waals surface area contributed by atoms with Crippen molar-refractivity contribution >= 4 is 0 Å². The van der Waals surface area contributed by atoms with E-state index in [1.807, 2.05) is 0 Å². The van der Waals surface area contributed by atoms with Crippen LogP contribution in [0.4, 0.5) is 0 Å². The van der Waals surface area contributed by atoms with E-state index in [1.165, 1.54) is 24.0 Å². The first-order valence-corrected chi connectivity index (χ1v) is 6.01. The second-order valence-electron chi connectivity index (χ2n) is 4.83. The molecule has 1 aliphatic rings. The van der Waals surface area contributed by atoms with E-state index >= 15 is 0 Å². The van der Waals surface area contributed by atoms with Gasteiger partial charge in [0.2, 0.25) is 0 Å². The van der Waals surface area contributed by atoms with Gasteiger partial charge in [-0.1, -0.05) is 38.1 Å². The van der Waals surface area contributed by atoms with Crippen molar-refractivity contribution in [2.75, 3.05) is 0 Å². The summed E-state index contributed by atoms with van der Waals surface area (Å²) in [7, 11) is 0. The molecule has 1 heterocycles. The number of fused-ring (bicyclic) bond motifs is 1. The van der Waals surface area contributed by atoms with Gasteiger partial charge in [-0.2, -0.15) is 0 Å². The Labute approximate surface area is 93.1 Å². The minimum absolute atomic E-state index is 0.374. The highest BCUT2D eigenvalue weighted by Crippen LogP contribution is 2.32. The molecule has 0 aliphatic carbocycles. The highest BCUT2D eigenvalue weighted by atomic mass is 15.2. The Bertz CT molecular complexity index is 314. The van der Waals surface area contributed by atoms with Crippen LogP contribution < -0.4 is 0 Å². The van der Waals surface area contributed by atoms with Crippen molar-refractivity contribution < 1.29 is 0 Å². The van der Waals surface area contributed by atoms with Crippen LogP contribution in [-0.2, 0) is 13.1 Å². The largest absolute Gasteiger partial charge is 0.289 e. The van der Waals surface area contributed by atoms with Gasteiger partial charge in [0.15, 0.2) is 0 Å². The predicted octanol–water partition coefficient (Wildman–Crippen LogP) is 3.58.